The van der Waals surface area contributed by atoms with Gasteiger partial charge in [0, 0.05) is 0 Å². The lowest BCUT2D eigenvalue weighted by molar-refractivity contribution is 1.60. The van der Waals surface area contributed by atoms with Gasteiger partial charge in [0.2, 0.25) is 0 Å². The Hall–Kier alpha value is -11.2. The van der Waals surface area contributed by atoms with Crippen molar-refractivity contribution in [3.8, 4) is 89.0 Å². The summed E-state index contributed by atoms with van der Waals surface area (Å²) in [5.74, 6) is 0. The van der Waals surface area contributed by atoms with Crippen molar-refractivity contribution in [3.05, 3.63) is 328 Å². The van der Waals surface area contributed by atoms with E-state index in [9.17, 15) is 0 Å². The van der Waals surface area contributed by atoms with Gasteiger partial charge in [0.05, 0.1) is 0 Å². The fourth-order valence-electron chi connectivity index (χ4n) is 13.6. The molecule has 400 valence electrons. The second-order valence-electron chi connectivity index (χ2n) is 22.8. The molecule has 16 aromatic rings. The van der Waals surface area contributed by atoms with E-state index < -0.39 is 0 Å². The van der Waals surface area contributed by atoms with Gasteiger partial charge in [-0.15, -0.1) is 0 Å². The highest BCUT2D eigenvalue weighted by Crippen LogP contribution is 2.48. The predicted octanol–water partition coefficient (Wildman–Crippen LogP) is 24.4. The number of hydrogen-bond donors (Lipinski definition) is 0. The first-order chi connectivity index (χ1) is 42.5. The average Bonchev–Trinajstić information content (AvgIpc) is 1.10. The van der Waals surface area contributed by atoms with E-state index in [0.29, 0.717) is 0 Å². The van der Waals surface area contributed by atoms with Crippen LogP contribution in [0.2, 0.25) is 0 Å². The van der Waals surface area contributed by atoms with Crippen LogP contribution in [0.15, 0.2) is 316 Å². The van der Waals surface area contributed by atoms with Gasteiger partial charge >= 0.3 is 0 Å². The minimum absolute atomic E-state index is 1.09. The molecule has 0 atom stereocenters. The maximum absolute atomic E-state index is 4.09. The minimum Gasteiger partial charge on any atom is -0.0985 e. The van der Waals surface area contributed by atoms with E-state index >= 15 is 0 Å². The lowest BCUT2D eigenvalue weighted by atomic mass is 9.83. The van der Waals surface area contributed by atoms with Gasteiger partial charge in [0.1, 0.15) is 0 Å². The zero-order chi connectivity index (χ0) is 57.2. The van der Waals surface area contributed by atoms with Gasteiger partial charge in [-0.3, -0.25) is 0 Å². The van der Waals surface area contributed by atoms with Crippen LogP contribution in [-0.4, -0.2) is 0 Å². The van der Waals surface area contributed by atoms with E-state index in [1.165, 1.54) is 131 Å². The van der Waals surface area contributed by atoms with Crippen molar-refractivity contribution in [2.24, 2.45) is 0 Å². The van der Waals surface area contributed by atoms with Crippen molar-refractivity contribution in [2.75, 3.05) is 0 Å². The van der Waals surface area contributed by atoms with Gasteiger partial charge in [-0.25, -0.2) is 0 Å². The van der Waals surface area contributed by atoms with E-state index in [-0.39, 0.29) is 0 Å². The molecule has 0 aliphatic carbocycles. The molecule has 0 amide bonds. The van der Waals surface area contributed by atoms with Gasteiger partial charge in [-0.05, 0) is 236 Å². The molecule has 0 radical (unpaired) electrons. The highest BCUT2D eigenvalue weighted by atomic mass is 14.2. The van der Waals surface area contributed by atoms with Gasteiger partial charge in [-0.2, -0.15) is 0 Å². The highest BCUT2D eigenvalue weighted by molar-refractivity contribution is 6.25. The number of rotatable bonds is 10. The van der Waals surface area contributed by atoms with Crippen LogP contribution in [0.1, 0.15) is 11.1 Å². The Labute approximate surface area is 501 Å². The molecule has 86 heavy (non-hydrogen) atoms. The Morgan fingerprint density at radius 3 is 0.721 bits per heavy atom. The summed E-state index contributed by atoms with van der Waals surface area (Å²) < 4.78 is 0. The zero-order valence-electron chi connectivity index (χ0n) is 47.4. The molecule has 0 unspecified atom stereocenters. The molecule has 0 heteroatoms. The Bertz CT molecular complexity index is 4870. The van der Waals surface area contributed by atoms with E-state index in [1.54, 1.807) is 0 Å². The van der Waals surface area contributed by atoms with Gasteiger partial charge in [0.15, 0.2) is 0 Å². The lowest BCUT2D eigenvalue weighted by Gasteiger charge is -2.20. The fraction of sp³-hybridized carbons (Fsp3) is 0. The molecule has 0 heterocycles. The Kier molecular flexibility index (Phi) is 12.3. The van der Waals surface area contributed by atoms with E-state index in [2.05, 4.69) is 316 Å². The fourth-order valence-corrected chi connectivity index (χ4v) is 13.6. The average molecular weight is 1090 g/mol. The van der Waals surface area contributed by atoms with E-state index in [4.69, 9.17) is 0 Å². The molecule has 0 aliphatic heterocycles. The molecule has 0 fully saturated rings. The molecule has 0 aliphatic rings. The van der Waals surface area contributed by atoms with E-state index in [0.717, 1.165) is 44.5 Å². The van der Waals surface area contributed by atoms with Crippen molar-refractivity contribution in [2.45, 2.75) is 0 Å². The number of benzene rings is 16. The molecule has 0 aromatic heterocycles. The SMILES string of the molecule is C=Cc1ccc(-c2ccc3c(-c4cc(-c5cccc6ccccc56)cc(-c5cccc6ccccc56)c4)cc4c5cc(-c6ccc(C=C)cc6)ccc5c(-c5cc(-c6cccc7ccccc67)cc(-c6cccc7ccccc67)c5)cc4c3c2)cc1. The Balaban J connectivity index is 1.03. The molecule has 0 bridgehead atoms. The molecule has 0 nitrogen and oxygen atoms in total. The summed E-state index contributed by atoms with van der Waals surface area (Å²) in [5.41, 5.74) is 21.0. The van der Waals surface area contributed by atoms with E-state index in [1.807, 2.05) is 12.2 Å². The summed E-state index contributed by atoms with van der Waals surface area (Å²) in [7, 11) is 0. The van der Waals surface area contributed by atoms with Crippen LogP contribution < -0.4 is 0 Å². The van der Waals surface area contributed by atoms with Crippen molar-refractivity contribution in [1.82, 2.24) is 0 Å². The standard InChI is InChI=1S/C86H56/c1-3-55-33-37-57(38-34-55)63-41-43-79-81(69-47-65(75-29-13-21-59-17-5-9-25-71(59)75)45-66(48-69)76-30-14-22-60-18-6-10-26-72(60)76)54-86-84-52-64(58-39-35-56(4-2)36-40-58)42-44-80(84)82(53-85(86)83(79)51-63)70-49-67(77-31-15-23-61-19-7-11-27-73(61)77)46-68(50-70)78-32-16-24-62-20-8-12-28-74(62)78/h3-54H,1-2H2. The largest absolute Gasteiger partial charge is 0.0985 e. The van der Waals surface area contributed by atoms with Gasteiger partial charge < -0.3 is 0 Å². The van der Waals surface area contributed by atoms with Gasteiger partial charge in [0.25, 0.3) is 0 Å². The van der Waals surface area contributed by atoms with Crippen LogP contribution in [0.3, 0.4) is 0 Å². The molecular formula is C86H56. The van der Waals surface area contributed by atoms with Crippen LogP contribution in [-0.2, 0) is 0 Å². The van der Waals surface area contributed by atoms with Crippen LogP contribution in [0.5, 0.6) is 0 Å². The number of hydrogen-bond acceptors (Lipinski definition) is 0. The molecule has 0 N–H and O–H groups in total. The molecule has 16 aromatic carbocycles. The highest BCUT2D eigenvalue weighted by Gasteiger charge is 2.21. The van der Waals surface area contributed by atoms with Crippen LogP contribution >= 0.6 is 0 Å². The van der Waals surface area contributed by atoms with Crippen molar-refractivity contribution in [3.63, 3.8) is 0 Å². The maximum Gasteiger partial charge on any atom is -0.00921 e. The summed E-state index contributed by atoms with van der Waals surface area (Å²) >= 11 is 0. The topological polar surface area (TPSA) is 0 Å². The molecule has 0 saturated heterocycles. The summed E-state index contributed by atoms with van der Waals surface area (Å²) in [6.07, 6.45) is 3.83. The first kappa shape index (κ1) is 50.5. The molecular weight excluding hydrogens is 1030 g/mol. The van der Waals surface area contributed by atoms with Crippen LogP contribution in [0, 0.1) is 0 Å². The summed E-state index contributed by atoms with van der Waals surface area (Å²) in [4.78, 5) is 0. The van der Waals surface area contributed by atoms with Crippen molar-refractivity contribution >= 4 is 87.6 Å². The summed E-state index contributed by atoms with van der Waals surface area (Å²) in [5, 5.41) is 16.9. The van der Waals surface area contributed by atoms with Crippen LogP contribution in [0.4, 0.5) is 0 Å². The Morgan fingerprint density at radius 2 is 0.419 bits per heavy atom. The van der Waals surface area contributed by atoms with Crippen LogP contribution in [0.25, 0.3) is 177 Å². The molecule has 0 spiro atoms. The minimum atomic E-state index is 1.09. The smallest absolute Gasteiger partial charge is 0.00921 e. The summed E-state index contributed by atoms with van der Waals surface area (Å²) in [6, 6.07) is 113. The lowest BCUT2D eigenvalue weighted by Crippen LogP contribution is -1.93. The maximum atomic E-state index is 4.09. The predicted molar refractivity (Wildman–Crippen MR) is 373 cm³/mol. The normalized spacial score (nSPS) is 11.6. The van der Waals surface area contributed by atoms with Gasteiger partial charge in [-0.1, -0.05) is 268 Å². The first-order valence-corrected chi connectivity index (χ1v) is 29.7. The van der Waals surface area contributed by atoms with Crippen molar-refractivity contribution in [1.29, 1.82) is 0 Å². The third-order valence-electron chi connectivity index (χ3n) is 17.9. The summed E-state index contributed by atoms with van der Waals surface area (Å²) in [6.45, 7) is 8.17. The molecule has 0 saturated carbocycles. The monoisotopic (exact) mass is 1090 g/mol. The van der Waals surface area contributed by atoms with Crippen molar-refractivity contribution < 1.29 is 0 Å². The number of fused-ring (bicyclic) bond motifs is 9. The second kappa shape index (κ2) is 20.9. The molecule has 16 rings (SSSR count). The zero-order valence-corrected chi connectivity index (χ0v) is 47.4. The Morgan fingerprint density at radius 1 is 0.163 bits per heavy atom. The first-order valence-electron chi connectivity index (χ1n) is 29.7. The third kappa shape index (κ3) is 8.78. The second-order valence-corrected chi connectivity index (χ2v) is 22.8. The third-order valence-corrected chi connectivity index (χ3v) is 17.9. The quantitative estimate of drug-likeness (QED) is 0.120.